The van der Waals surface area contributed by atoms with Crippen molar-refractivity contribution in [2.45, 2.75) is 35.1 Å². The summed E-state index contributed by atoms with van der Waals surface area (Å²) in [5, 5.41) is 3.61. The SMILES string of the molecule is CNc1nccc(Sc2cnc(N3CCC4(CC3)Cc3ncccc3C4N)n3ccnc23)c1Cl. The first-order valence-electron chi connectivity index (χ1n) is 11.4. The largest absolute Gasteiger partial charge is 0.372 e. The second-order valence-corrected chi connectivity index (χ2v) is 10.4. The zero-order valence-corrected chi connectivity index (χ0v) is 20.4. The van der Waals surface area contributed by atoms with Gasteiger partial charge in [0.1, 0.15) is 5.82 Å². The number of pyridine rings is 2. The molecule has 8 nitrogen and oxygen atoms in total. The fourth-order valence-electron chi connectivity index (χ4n) is 5.28. The molecule has 4 aromatic rings. The number of halogens is 1. The summed E-state index contributed by atoms with van der Waals surface area (Å²) in [5.41, 5.74) is 10.1. The lowest BCUT2D eigenvalue weighted by atomic mass is 9.73. The number of aromatic nitrogens is 5. The Morgan fingerprint density at radius 1 is 1.09 bits per heavy atom. The molecule has 0 radical (unpaired) electrons. The maximum Gasteiger partial charge on any atom is 0.211 e. The number of piperidine rings is 1. The number of nitrogens with one attached hydrogen (secondary N) is 1. The van der Waals surface area contributed by atoms with Gasteiger partial charge in [-0.2, -0.15) is 0 Å². The van der Waals surface area contributed by atoms with E-state index >= 15 is 0 Å². The fraction of sp³-hybridized carbons (Fsp3) is 0.333. The van der Waals surface area contributed by atoms with Crippen molar-refractivity contribution in [3.63, 3.8) is 0 Å². The predicted octanol–water partition coefficient (Wildman–Crippen LogP) is 4.21. The van der Waals surface area contributed by atoms with E-state index < -0.39 is 0 Å². The number of nitrogens with two attached hydrogens (primary N) is 1. The fourth-order valence-corrected chi connectivity index (χ4v) is 6.50. The standard InChI is InChI=1S/C24H25ClN8S/c1-27-21-19(25)17(4-8-29-21)34-18-14-31-23(33-12-9-30-22(18)33)32-10-5-24(6-11-32)13-16-15(20(24)26)3-2-7-28-16/h2-4,7-9,12,14,20H,5-6,10-11,13,26H2,1H3,(H,27,29). The van der Waals surface area contributed by atoms with Crippen LogP contribution in [0.15, 0.2) is 59.0 Å². The van der Waals surface area contributed by atoms with Gasteiger partial charge in [0.15, 0.2) is 5.65 Å². The van der Waals surface area contributed by atoms with Crippen molar-refractivity contribution in [1.29, 1.82) is 0 Å². The first-order chi connectivity index (χ1) is 16.6. The molecule has 174 valence electrons. The van der Waals surface area contributed by atoms with Crippen molar-refractivity contribution < 1.29 is 0 Å². The molecule has 0 aromatic carbocycles. The molecule has 34 heavy (non-hydrogen) atoms. The maximum atomic E-state index is 6.73. The van der Waals surface area contributed by atoms with Gasteiger partial charge in [0.2, 0.25) is 5.95 Å². The molecule has 0 saturated carbocycles. The average Bonchev–Trinajstić information content (AvgIpc) is 3.46. The molecule has 1 unspecified atom stereocenters. The molecule has 5 heterocycles. The van der Waals surface area contributed by atoms with E-state index in [1.807, 2.05) is 44.0 Å². The minimum absolute atomic E-state index is 0.0472. The number of rotatable bonds is 4. The molecule has 1 saturated heterocycles. The molecule has 4 aromatic heterocycles. The van der Waals surface area contributed by atoms with E-state index in [1.54, 1.807) is 18.0 Å². The normalized spacial score (nSPS) is 19.0. The summed E-state index contributed by atoms with van der Waals surface area (Å²) in [5.74, 6) is 1.56. The highest BCUT2D eigenvalue weighted by molar-refractivity contribution is 7.99. The highest BCUT2D eigenvalue weighted by atomic mass is 35.5. The van der Waals surface area contributed by atoms with E-state index in [4.69, 9.17) is 22.3 Å². The molecular weight excluding hydrogens is 468 g/mol. The predicted molar refractivity (Wildman–Crippen MR) is 135 cm³/mol. The third-order valence-corrected chi connectivity index (χ3v) is 8.73. The van der Waals surface area contributed by atoms with Crippen molar-refractivity contribution in [3.8, 4) is 0 Å². The topological polar surface area (TPSA) is 97.3 Å². The number of hydrogen-bond donors (Lipinski definition) is 2. The molecule has 0 amide bonds. The van der Waals surface area contributed by atoms with Crippen LogP contribution in [0.25, 0.3) is 5.65 Å². The van der Waals surface area contributed by atoms with Crippen LogP contribution in [0.1, 0.15) is 30.1 Å². The summed E-state index contributed by atoms with van der Waals surface area (Å²) >= 11 is 8.07. The molecule has 2 aliphatic rings. The van der Waals surface area contributed by atoms with Crippen LogP contribution in [0.3, 0.4) is 0 Å². The molecule has 1 spiro atoms. The van der Waals surface area contributed by atoms with Gasteiger partial charge in [0.25, 0.3) is 0 Å². The van der Waals surface area contributed by atoms with Gasteiger partial charge in [-0.05, 0) is 42.4 Å². The second-order valence-electron chi connectivity index (χ2n) is 8.91. The number of hydrogen-bond acceptors (Lipinski definition) is 8. The minimum Gasteiger partial charge on any atom is -0.372 e. The summed E-state index contributed by atoms with van der Waals surface area (Å²) in [6, 6.07) is 6.08. The summed E-state index contributed by atoms with van der Waals surface area (Å²) in [6.45, 7) is 1.80. The van der Waals surface area contributed by atoms with Crippen molar-refractivity contribution in [1.82, 2.24) is 24.3 Å². The second kappa shape index (κ2) is 8.41. The summed E-state index contributed by atoms with van der Waals surface area (Å²) < 4.78 is 2.07. The van der Waals surface area contributed by atoms with Crippen LogP contribution in [-0.2, 0) is 6.42 Å². The molecule has 1 aliphatic carbocycles. The van der Waals surface area contributed by atoms with Crippen molar-refractivity contribution in [2.75, 3.05) is 30.4 Å². The van der Waals surface area contributed by atoms with Crippen molar-refractivity contribution in [2.24, 2.45) is 11.1 Å². The molecular formula is C24H25ClN8S. The summed E-state index contributed by atoms with van der Waals surface area (Å²) in [6.07, 6.45) is 12.3. The van der Waals surface area contributed by atoms with E-state index in [9.17, 15) is 0 Å². The zero-order chi connectivity index (χ0) is 23.3. The Kier molecular flexibility index (Phi) is 5.35. The van der Waals surface area contributed by atoms with E-state index in [1.165, 1.54) is 5.56 Å². The Balaban J connectivity index is 1.25. The van der Waals surface area contributed by atoms with E-state index in [0.29, 0.717) is 10.8 Å². The minimum atomic E-state index is 0.0472. The van der Waals surface area contributed by atoms with Gasteiger partial charge in [0.05, 0.1) is 9.92 Å². The van der Waals surface area contributed by atoms with Gasteiger partial charge in [-0.1, -0.05) is 29.4 Å². The van der Waals surface area contributed by atoms with E-state index in [2.05, 4.69) is 35.6 Å². The van der Waals surface area contributed by atoms with Crippen LogP contribution >= 0.6 is 23.4 Å². The lowest BCUT2D eigenvalue weighted by molar-refractivity contribution is 0.186. The van der Waals surface area contributed by atoms with Gasteiger partial charge in [-0.3, -0.25) is 9.38 Å². The summed E-state index contributed by atoms with van der Waals surface area (Å²) in [7, 11) is 1.81. The molecule has 10 heteroatoms. The average molecular weight is 493 g/mol. The molecule has 0 bridgehead atoms. The zero-order valence-electron chi connectivity index (χ0n) is 18.8. The smallest absolute Gasteiger partial charge is 0.211 e. The monoisotopic (exact) mass is 492 g/mol. The van der Waals surface area contributed by atoms with Crippen molar-refractivity contribution >= 4 is 40.8 Å². The number of nitrogens with zero attached hydrogens (tertiary/aromatic N) is 6. The van der Waals surface area contributed by atoms with Crippen LogP contribution in [-0.4, -0.2) is 44.5 Å². The number of fused-ring (bicyclic) bond motifs is 2. The Bertz CT molecular complexity index is 1360. The summed E-state index contributed by atoms with van der Waals surface area (Å²) in [4.78, 5) is 22.5. The molecule has 1 atom stereocenters. The van der Waals surface area contributed by atoms with Crippen LogP contribution in [0.2, 0.25) is 5.02 Å². The van der Waals surface area contributed by atoms with Gasteiger partial charge in [-0.25, -0.2) is 15.0 Å². The Labute approximate surface area is 207 Å². The molecule has 6 rings (SSSR count). The molecule has 1 aliphatic heterocycles. The number of anilines is 2. The van der Waals surface area contributed by atoms with Crippen LogP contribution in [0, 0.1) is 5.41 Å². The highest BCUT2D eigenvalue weighted by Crippen LogP contribution is 2.50. The Morgan fingerprint density at radius 3 is 2.74 bits per heavy atom. The van der Waals surface area contributed by atoms with Gasteiger partial charge in [0, 0.05) is 67.8 Å². The quantitative estimate of drug-likeness (QED) is 0.437. The highest BCUT2D eigenvalue weighted by Gasteiger charge is 2.46. The van der Waals surface area contributed by atoms with Gasteiger partial charge in [-0.15, -0.1) is 0 Å². The lowest BCUT2D eigenvalue weighted by Crippen LogP contribution is -2.45. The van der Waals surface area contributed by atoms with Crippen LogP contribution in [0.5, 0.6) is 0 Å². The Hall–Kier alpha value is -2.88. The maximum absolute atomic E-state index is 6.73. The van der Waals surface area contributed by atoms with E-state index in [-0.39, 0.29) is 11.5 Å². The molecule has 3 N–H and O–H groups in total. The van der Waals surface area contributed by atoms with E-state index in [0.717, 1.165) is 59.4 Å². The first kappa shape index (κ1) is 21.6. The van der Waals surface area contributed by atoms with Gasteiger partial charge >= 0.3 is 0 Å². The molecule has 1 fully saturated rings. The number of imidazole rings is 1. The van der Waals surface area contributed by atoms with Crippen LogP contribution < -0.4 is 16.0 Å². The third-order valence-electron chi connectivity index (χ3n) is 7.17. The van der Waals surface area contributed by atoms with Crippen LogP contribution in [0.4, 0.5) is 11.8 Å². The third kappa shape index (κ3) is 3.41. The van der Waals surface area contributed by atoms with Gasteiger partial charge < -0.3 is 16.0 Å². The first-order valence-corrected chi connectivity index (χ1v) is 12.6. The van der Waals surface area contributed by atoms with Crippen molar-refractivity contribution in [3.05, 3.63) is 65.5 Å². The Morgan fingerprint density at radius 2 is 1.94 bits per heavy atom. The lowest BCUT2D eigenvalue weighted by Gasteiger charge is -2.42.